The van der Waals surface area contributed by atoms with E-state index in [1.54, 1.807) is 23.5 Å². The van der Waals surface area contributed by atoms with Crippen molar-refractivity contribution in [2.45, 2.75) is 44.3 Å². The molecule has 1 aromatic rings. The van der Waals surface area contributed by atoms with Gasteiger partial charge in [-0.05, 0) is 43.9 Å². The highest BCUT2D eigenvalue weighted by Gasteiger charge is 2.36. The molecule has 0 saturated carbocycles. The number of benzene rings is 1. The fourth-order valence-electron chi connectivity index (χ4n) is 3.88. The fraction of sp³-hybridized carbons (Fsp3) is 0.455. The van der Waals surface area contributed by atoms with Crippen molar-refractivity contribution in [2.24, 2.45) is 4.99 Å². The monoisotopic (exact) mass is 447 g/mol. The van der Waals surface area contributed by atoms with Crippen molar-refractivity contribution >= 4 is 45.4 Å². The average Bonchev–Trinajstić information content (AvgIpc) is 3.04. The van der Waals surface area contributed by atoms with E-state index in [1.165, 1.54) is 10.5 Å². The summed E-state index contributed by atoms with van der Waals surface area (Å²) >= 11 is 9.35. The number of nitrogens with one attached hydrogen (secondary N) is 1. The zero-order chi connectivity index (χ0) is 20.3. The minimum absolute atomic E-state index is 0.110. The molecule has 1 atom stereocenters. The first kappa shape index (κ1) is 21.0. The van der Waals surface area contributed by atoms with Crippen LogP contribution in [-0.4, -0.2) is 45.6 Å². The molecule has 0 aromatic heterocycles. The Kier molecular flexibility index (Phi) is 6.74. The van der Waals surface area contributed by atoms with Gasteiger partial charge in [0.1, 0.15) is 4.38 Å². The van der Waals surface area contributed by atoms with Crippen LogP contribution < -0.4 is 5.32 Å². The van der Waals surface area contributed by atoms with E-state index < -0.39 is 0 Å². The zero-order valence-corrected chi connectivity index (χ0v) is 19.0. The van der Waals surface area contributed by atoms with Crippen molar-refractivity contribution in [3.63, 3.8) is 0 Å². The molecule has 2 heterocycles. The number of piperidine rings is 1. The van der Waals surface area contributed by atoms with E-state index in [2.05, 4.69) is 41.4 Å². The van der Waals surface area contributed by atoms with Crippen LogP contribution >= 0.6 is 35.1 Å². The van der Waals surface area contributed by atoms with Gasteiger partial charge in [0.2, 0.25) is 5.91 Å². The second-order valence-electron chi connectivity index (χ2n) is 7.95. The predicted molar refractivity (Wildman–Crippen MR) is 126 cm³/mol. The maximum Gasteiger partial charge on any atom is 0.230 e. The molecule has 0 spiro atoms. The second kappa shape index (κ2) is 9.29. The number of hydrogen-bond donors (Lipinski definition) is 1. The number of amides is 1. The SMILES string of the molecule is CC12CC=CC=C1SC(SCC(=O)NC1CCN(Cc3cccc(Cl)c3)CC1)=N2. The van der Waals surface area contributed by atoms with Crippen molar-refractivity contribution in [3.8, 4) is 0 Å². The van der Waals surface area contributed by atoms with Gasteiger partial charge in [0.05, 0.1) is 11.3 Å². The molecule has 2 aliphatic heterocycles. The number of halogens is 1. The van der Waals surface area contributed by atoms with Gasteiger partial charge in [0, 0.05) is 35.6 Å². The Balaban J connectivity index is 1.18. The van der Waals surface area contributed by atoms with Crippen LogP contribution in [0.1, 0.15) is 31.7 Å². The minimum atomic E-state index is -0.117. The summed E-state index contributed by atoms with van der Waals surface area (Å²) in [5.41, 5.74) is 1.12. The summed E-state index contributed by atoms with van der Waals surface area (Å²) in [7, 11) is 0. The van der Waals surface area contributed by atoms with Crippen LogP contribution in [0.3, 0.4) is 0 Å². The minimum Gasteiger partial charge on any atom is -0.353 e. The maximum atomic E-state index is 12.4. The van der Waals surface area contributed by atoms with E-state index in [1.807, 2.05) is 18.2 Å². The number of carbonyl (C=O) groups excluding carboxylic acids is 1. The van der Waals surface area contributed by atoms with Crippen LogP contribution in [0, 0.1) is 0 Å². The molecule has 3 aliphatic rings. The smallest absolute Gasteiger partial charge is 0.230 e. The number of carbonyl (C=O) groups is 1. The van der Waals surface area contributed by atoms with E-state index in [9.17, 15) is 4.79 Å². The first-order valence-electron chi connectivity index (χ1n) is 10.0. The quantitative estimate of drug-likeness (QED) is 0.700. The van der Waals surface area contributed by atoms with E-state index in [4.69, 9.17) is 16.6 Å². The molecule has 1 unspecified atom stereocenters. The Bertz CT molecular complexity index is 861. The Hall–Kier alpha value is -1.21. The lowest BCUT2D eigenvalue weighted by molar-refractivity contribution is -0.119. The molecule has 4 nitrogen and oxygen atoms in total. The molecule has 1 saturated heterocycles. The van der Waals surface area contributed by atoms with Gasteiger partial charge in [0.15, 0.2) is 0 Å². The predicted octanol–water partition coefficient (Wildman–Crippen LogP) is 4.86. The summed E-state index contributed by atoms with van der Waals surface area (Å²) in [6.45, 7) is 5.07. The number of allylic oxidation sites excluding steroid dienone is 2. The summed E-state index contributed by atoms with van der Waals surface area (Å²) in [5.74, 6) is 0.546. The normalized spacial score (nSPS) is 24.8. The average molecular weight is 448 g/mol. The molecule has 1 amide bonds. The first-order chi connectivity index (χ1) is 14.0. The van der Waals surface area contributed by atoms with Gasteiger partial charge in [-0.1, -0.05) is 65.5 Å². The summed E-state index contributed by atoms with van der Waals surface area (Å²) in [5, 5.41) is 4.00. The highest BCUT2D eigenvalue weighted by atomic mass is 35.5. The number of nitrogens with zero attached hydrogens (tertiary/aromatic N) is 2. The largest absolute Gasteiger partial charge is 0.353 e. The maximum absolute atomic E-state index is 12.4. The lowest BCUT2D eigenvalue weighted by Crippen LogP contribution is -2.44. The molecule has 7 heteroatoms. The summed E-state index contributed by atoms with van der Waals surface area (Å²) in [4.78, 5) is 21.0. The van der Waals surface area contributed by atoms with E-state index >= 15 is 0 Å². The van der Waals surface area contributed by atoms with Crippen LogP contribution in [0.2, 0.25) is 5.02 Å². The highest BCUT2D eigenvalue weighted by Crippen LogP contribution is 2.46. The lowest BCUT2D eigenvalue weighted by Gasteiger charge is -2.32. The Morgan fingerprint density at radius 3 is 3.00 bits per heavy atom. The van der Waals surface area contributed by atoms with Crippen molar-refractivity contribution < 1.29 is 4.79 Å². The molecule has 154 valence electrons. The van der Waals surface area contributed by atoms with Gasteiger partial charge in [-0.2, -0.15) is 0 Å². The molecule has 4 rings (SSSR count). The number of likely N-dealkylation sites (tertiary alicyclic amines) is 1. The molecule has 1 aromatic carbocycles. The second-order valence-corrected chi connectivity index (χ2v) is 10.6. The van der Waals surface area contributed by atoms with Crippen molar-refractivity contribution in [3.05, 3.63) is 58.0 Å². The van der Waals surface area contributed by atoms with Gasteiger partial charge in [-0.3, -0.25) is 14.7 Å². The Morgan fingerprint density at radius 1 is 1.41 bits per heavy atom. The summed E-state index contributed by atoms with van der Waals surface area (Å²) in [6, 6.07) is 8.31. The molecule has 29 heavy (non-hydrogen) atoms. The molecule has 0 radical (unpaired) electrons. The number of fused-ring (bicyclic) bond motifs is 1. The third-order valence-corrected chi connectivity index (χ3v) is 8.18. The topological polar surface area (TPSA) is 44.7 Å². The van der Waals surface area contributed by atoms with Crippen molar-refractivity contribution in [1.29, 1.82) is 0 Å². The summed E-state index contributed by atoms with van der Waals surface area (Å²) in [6.07, 6.45) is 9.32. The third kappa shape index (κ3) is 5.48. The van der Waals surface area contributed by atoms with Crippen molar-refractivity contribution in [2.75, 3.05) is 18.8 Å². The van der Waals surface area contributed by atoms with Crippen LogP contribution in [0.15, 0.2) is 52.4 Å². The van der Waals surface area contributed by atoms with Gasteiger partial charge < -0.3 is 5.32 Å². The Labute approximate surface area is 186 Å². The highest BCUT2D eigenvalue weighted by molar-refractivity contribution is 8.40. The molecule has 1 aliphatic carbocycles. The summed E-state index contributed by atoms with van der Waals surface area (Å²) < 4.78 is 1.01. The lowest BCUT2D eigenvalue weighted by atomic mass is 9.94. The van der Waals surface area contributed by atoms with Crippen LogP contribution in [-0.2, 0) is 11.3 Å². The number of thioether (sulfide) groups is 2. The van der Waals surface area contributed by atoms with E-state index in [0.29, 0.717) is 5.75 Å². The van der Waals surface area contributed by atoms with Gasteiger partial charge >= 0.3 is 0 Å². The molecular weight excluding hydrogens is 422 g/mol. The van der Waals surface area contributed by atoms with Crippen LogP contribution in [0.25, 0.3) is 0 Å². The van der Waals surface area contributed by atoms with Gasteiger partial charge in [-0.15, -0.1) is 0 Å². The van der Waals surface area contributed by atoms with E-state index in [-0.39, 0.29) is 17.5 Å². The number of hydrogen-bond acceptors (Lipinski definition) is 5. The van der Waals surface area contributed by atoms with E-state index in [0.717, 1.165) is 48.3 Å². The molecular formula is C22H26ClN3OS2. The molecule has 0 bridgehead atoms. The fourth-order valence-corrected chi connectivity index (χ4v) is 6.31. The third-order valence-electron chi connectivity index (χ3n) is 5.54. The van der Waals surface area contributed by atoms with Crippen LogP contribution in [0.5, 0.6) is 0 Å². The number of aliphatic imine (C=N–C) groups is 1. The molecule has 1 N–H and O–H groups in total. The first-order valence-corrected chi connectivity index (χ1v) is 12.2. The Morgan fingerprint density at radius 2 is 2.24 bits per heavy atom. The standard InChI is InChI=1S/C22H26ClN3OS2/c1-22-10-3-2-7-19(22)29-21(25-22)28-15-20(27)24-18-8-11-26(12-9-18)14-16-5-4-6-17(23)13-16/h2-7,13,18H,8-12,14-15H2,1H3,(H,24,27). The van der Waals surface area contributed by atoms with Crippen molar-refractivity contribution in [1.82, 2.24) is 10.2 Å². The van der Waals surface area contributed by atoms with Crippen LogP contribution in [0.4, 0.5) is 0 Å². The van der Waals surface area contributed by atoms with Gasteiger partial charge in [-0.25, -0.2) is 0 Å². The molecule has 1 fully saturated rings. The zero-order valence-electron chi connectivity index (χ0n) is 16.6. The number of rotatable bonds is 5. The van der Waals surface area contributed by atoms with Gasteiger partial charge in [0.25, 0.3) is 0 Å².